The van der Waals surface area contributed by atoms with Gasteiger partial charge in [-0.1, -0.05) is 0 Å². The summed E-state index contributed by atoms with van der Waals surface area (Å²) in [5.41, 5.74) is 6.22. The quantitative estimate of drug-likeness (QED) is 0.799. The van der Waals surface area contributed by atoms with E-state index in [2.05, 4.69) is 5.32 Å². The molecule has 0 unspecified atom stereocenters. The smallest absolute Gasteiger partial charge is 0.251 e. The Bertz CT molecular complexity index is 517. The number of halogens is 2. The first-order chi connectivity index (χ1) is 10.6. The zero-order valence-corrected chi connectivity index (χ0v) is 13.8. The first-order valence-electron chi connectivity index (χ1n) is 7.63. The first-order valence-corrected chi connectivity index (χ1v) is 7.63. The van der Waals surface area contributed by atoms with Gasteiger partial charge in [0.05, 0.1) is 0 Å². The summed E-state index contributed by atoms with van der Waals surface area (Å²) in [5, 5.41) is 2.73. The van der Waals surface area contributed by atoms with Crippen molar-refractivity contribution < 1.29 is 14.0 Å². The average Bonchev–Trinajstić information content (AvgIpc) is 2.52. The van der Waals surface area contributed by atoms with E-state index in [1.165, 1.54) is 24.3 Å². The number of likely N-dealkylation sites (tertiary alicyclic amines) is 1. The molecule has 0 bridgehead atoms. The van der Waals surface area contributed by atoms with Gasteiger partial charge < -0.3 is 16.0 Å². The SMILES string of the molecule is Cl.NC1CCN(C(=O)CCCNC(=O)c2ccc(F)cc2)CC1. The Balaban J connectivity index is 0.00000264. The minimum Gasteiger partial charge on any atom is -0.352 e. The molecule has 0 aliphatic carbocycles. The molecule has 1 aromatic carbocycles. The van der Waals surface area contributed by atoms with Crippen molar-refractivity contribution in [2.75, 3.05) is 19.6 Å². The Labute approximate surface area is 141 Å². The second-order valence-corrected chi connectivity index (χ2v) is 5.58. The van der Waals surface area contributed by atoms with Gasteiger partial charge in [0, 0.05) is 37.7 Å². The fraction of sp³-hybridized carbons (Fsp3) is 0.500. The maximum atomic E-state index is 12.8. The highest BCUT2D eigenvalue weighted by Crippen LogP contribution is 2.10. The number of hydrogen-bond donors (Lipinski definition) is 2. The van der Waals surface area contributed by atoms with Crippen molar-refractivity contribution in [2.45, 2.75) is 31.7 Å². The van der Waals surface area contributed by atoms with Crippen LogP contribution >= 0.6 is 12.4 Å². The maximum Gasteiger partial charge on any atom is 0.251 e. The molecule has 3 N–H and O–H groups in total. The molecule has 1 aliphatic rings. The van der Waals surface area contributed by atoms with Crippen molar-refractivity contribution in [1.82, 2.24) is 10.2 Å². The van der Waals surface area contributed by atoms with Crippen LogP contribution in [-0.4, -0.2) is 42.4 Å². The monoisotopic (exact) mass is 343 g/mol. The zero-order valence-electron chi connectivity index (χ0n) is 13.0. The first kappa shape index (κ1) is 19.4. The Morgan fingerprint density at radius 2 is 1.83 bits per heavy atom. The number of nitrogens with two attached hydrogens (primary N) is 1. The molecule has 1 fully saturated rings. The molecule has 1 heterocycles. The summed E-state index contributed by atoms with van der Waals surface area (Å²) < 4.78 is 12.8. The number of amides is 2. The topological polar surface area (TPSA) is 75.4 Å². The molecule has 5 nitrogen and oxygen atoms in total. The van der Waals surface area contributed by atoms with Gasteiger partial charge in [-0.05, 0) is 43.5 Å². The van der Waals surface area contributed by atoms with Crippen LogP contribution in [0.3, 0.4) is 0 Å². The van der Waals surface area contributed by atoms with Crippen LogP contribution in [0.15, 0.2) is 24.3 Å². The lowest BCUT2D eigenvalue weighted by Crippen LogP contribution is -2.43. The molecule has 1 aliphatic heterocycles. The van der Waals surface area contributed by atoms with E-state index in [0.717, 1.165) is 25.9 Å². The summed E-state index contributed by atoms with van der Waals surface area (Å²) in [6.07, 6.45) is 2.72. The van der Waals surface area contributed by atoms with Crippen LogP contribution in [0.25, 0.3) is 0 Å². The highest BCUT2D eigenvalue weighted by Gasteiger charge is 2.19. The van der Waals surface area contributed by atoms with Crippen LogP contribution in [0, 0.1) is 5.82 Å². The third kappa shape index (κ3) is 6.15. The molecule has 128 valence electrons. The van der Waals surface area contributed by atoms with Gasteiger partial charge in [-0.25, -0.2) is 4.39 Å². The van der Waals surface area contributed by atoms with E-state index >= 15 is 0 Å². The number of rotatable bonds is 5. The van der Waals surface area contributed by atoms with Crippen molar-refractivity contribution in [2.24, 2.45) is 5.73 Å². The second kappa shape index (κ2) is 9.47. The molecule has 0 radical (unpaired) electrons. The molecule has 0 saturated carbocycles. The highest BCUT2D eigenvalue weighted by atomic mass is 35.5. The zero-order chi connectivity index (χ0) is 15.9. The molecule has 0 atom stereocenters. The number of nitrogens with zero attached hydrogens (tertiary/aromatic N) is 1. The van der Waals surface area contributed by atoms with Gasteiger partial charge in [0.1, 0.15) is 5.82 Å². The van der Waals surface area contributed by atoms with Crippen molar-refractivity contribution >= 4 is 24.2 Å². The summed E-state index contributed by atoms with van der Waals surface area (Å²) in [4.78, 5) is 25.6. The lowest BCUT2D eigenvalue weighted by molar-refractivity contribution is -0.132. The van der Waals surface area contributed by atoms with Crippen LogP contribution in [-0.2, 0) is 4.79 Å². The Kier molecular flexibility index (Phi) is 7.98. The van der Waals surface area contributed by atoms with E-state index in [-0.39, 0.29) is 36.1 Å². The van der Waals surface area contributed by atoms with Crippen LogP contribution in [0.2, 0.25) is 0 Å². The normalized spacial score (nSPS) is 15.0. The van der Waals surface area contributed by atoms with E-state index in [0.29, 0.717) is 24.9 Å². The van der Waals surface area contributed by atoms with Crippen molar-refractivity contribution in [3.05, 3.63) is 35.6 Å². The molecule has 7 heteroatoms. The molecular formula is C16H23ClFN3O2. The molecule has 2 rings (SSSR count). The van der Waals surface area contributed by atoms with E-state index in [9.17, 15) is 14.0 Å². The lowest BCUT2D eigenvalue weighted by atomic mass is 10.1. The number of hydrogen-bond acceptors (Lipinski definition) is 3. The molecule has 2 amide bonds. The fourth-order valence-electron chi connectivity index (χ4n) is 2.45. The van der Waals surface area contributed by atoms with Gasteiger partial charge in [0.2, 0.25) is 5.91 Å². The van der Waals surface area contributed by atoms with Crippen molar-refractivity contribution in [1.29, 1.82) is 0 Å². The van der Waals surface area contributed by atoms with Gasteiger partial charge in [0.15, 0.2) is 0 Å². The van der Waals surface area contributed by atoms with Gasteiger partial charge in [-0.2, -0.15) is 0 Å². The van der Waals surface area contributed by atoms with E-state index < -0.39 is 0 Å². The molecule has 0 aromatic heterocycles. The van der Waals surface area contributed by atoms with Crippen LogP contribution in [0.5, 0.6) is 0 Å². The van der Waals surface area contributed by atoms with Gasteiger partial charge in [0.25, 0.3) is 5.91 Å². The number of benzene rings is 1. The summed E-state index contributed by atoms with van der Waals surface area (Å²) in [6.45, 7) is 1.87. The molecular weight excluding hydrogens is 321 g/mol. The molecule has 1 saturated heterocycles. The lowest BCUT2D eigenvalue weighted by Gasteiger charge is -2.30. The Morgan fingerprint density at radius 3 is 2.43 bits per heavy atom. The minimum absolute atomic E-state index is 0. The highest BCUT2D eigenvalue weighted by molar-refractivity contribution is 5.94. The maximum absolute atomic E-state index is 12.8. The van der Waals surface area contributed by atoms with Gasteiger partial charge in [-0.15, -0.1) is 12.4 Å². The van der Waals surface area contributed by atoms with Gasteiger partial charge in [-0.3, -0.25) is 9.59 Å². The number of carbonyl (C=O) groups is 2. The van der Waals surface area contributed by atoms with E-state index in [4.69, 9.17) is 5.73 Å². The molecule has 1 aromatic rings. The Hall–Kier alpha value is -1.66. The van der Waals surface area contributed by atoms with E-state index in [1.54, 1.807) is 0 Å². The van der Waals surface area contributed by atoms with Crippen LogP contribution < -0.4 is 11.1 Å². The largest absolute Gasteiger partial charge is 0.352 e. The van der Waals surface area contributed by atoms with E-state index in [1.807, 2.05) is 4.90 Å². The number of piperidine rings is 1. The van der Waals surface area contributed by atoms with Crippen LogP contribution in [0.4, 0.5) is 4.39 Å². The predicted molar refractivity (Wildman–Crippen MR) is 89.0 cm³/mol. The third-order valence-corrected chi connectivity index (χ3v) is 3.85. The minimum atomic E-state index is -0.372. The average molecular weight is 344 g/mol. The Morgan fingerprint density at radius 1 is 1.22 bits per heavy atom. The third-order valence-electron chi connectivity index (χ3n) is 3.85. The van der Waals surface area contributed by atoms with Gasteiger partial charge >= 0.3 is 0 Å². The predicted octanol–water partition coefficient (Wildman–Crippen LogP) is 1.71. The summed E-state index contributed by atoms with van der Waals surface area (Å²) in [5.74, 6) is -0.511. The standard InChI is InChI=1S/C16H22FN3O2.ClH/c17-13-5-3-12(4-6-13)16(22)19-9-1-2-15(21)20-10-7-14(18)8-11-20;/h3-6,14H,1-2,7-11,18H2,(H,19,22);1H. The summed E-state index contributed by atoms with van der Waals surface area (Å²) >= 11 is 0. The van der Waals surface area contributed by atoms with Crippen molar-refractivity contribution in [3.63, 3.8) is 0 Å². The summed E-state index contributed by atoms with van der Waals surface area (Å²) in [7, 11) is 0. The number of carbonyl (C=O) groups excluding carboxylic acids is 2. The van der Waals surface area contributed by atoms with Crippen LogP contribution in [0.1, 0.15) is 36.0 Å². The molecule has 0 spiro atoms. The van der Waals surface area contributed by atoms with Crippen molar-refractivity contribution in [3.8, 4) is 0 Å². The summed E-state index contributed by atoms with van der Waals surface area (Å²) in [6, 6.07) is 5.58. The second-order valence-electron chi connectivity index (χ2n) is 5.58. The number of nitrogens with one attached hydrogen (secondary N) is 1. The fourth-order valence-corrected chi connectivity index (χ4v) is 2.45. The molecule has 23 heavy (non-hydrogen) atoms.